The molecule has 1 fully saturated rings. The van der Waals surface area contributed by atoms with Gasteiger partial charge in [-0.25, -0.2) is 0 Å². The Balaban J connectivity index is 1.57. The van der Waals surface area contributed by atoms with Crippen LogP contribution in [0, 0.1) is 0 Å². The van der Waals surface area contributed by atoms with Crippen LogP contribution >= 0.6 is 0 Å². The fourth-order valence-corrected chi connectivity index (χ4v) is 5.38. The molecule has 2 atom stereocenters. The molecule has 2 aliphatic heterocycles. The molecule has 7 heteroatoms. The normalized spacial score (nSPS) is 19.4. The Bertz CT molecular complexity index is 1430. The number of amides is 1. The van der Waals surface area contributed by atoms with Gasteiger partial charge in [-0.3, -0.25) is 9.59 Å². The summed E-state index contributed by atoms with van der Waals surface area (Å²) in [5.41, 5.74) is 3.21. The maximum Gasteiger partial charge on any atom is 0.295 e. The molecule has 5 rings (SSSR count). The smallest absolute Gasteiger partial charge is 0.295 e. The number of methoxy groups -OCH3 is 1. The van der Waals surface area contributed by atoms with Crippen LogP contribution in [-0.2, 0) is 22.4 Å². The second-order valence-corrected chi connectivity index (χ2v) is 10.3. The van der Waals surface area contributed by atoms with Gasteiger partial charge >= 0.3 is 0 Å². The first-order valence-electron chi connectivity index (χ1n) is 13.8. The molecule has 0 saturated carbocycles. The lowest BCUT2D eigenvalue weighted by Crippen LogP contribution is -2.31. The zero-order chi connectivity index (χ0) is 28.2. The van der Waals surface area contributed by atoms with E-state index in [9.17, 15) is 14.7 Å². The Labute approximate surface area is 235 Å². The van der Waals surface area contributed by atoms with E-state index in [4.69, 9.17) is 14.2 Å². The summed E-state index contributed by atoms with van der Waals surface area (Å²) in [6.45, 7) is 4.95. The van der Waals surface area contributed by atoms with Crippen LogP contribution in [0.3, 0.4) is 0 Å². The largest absolute Gasteiger partial charge is 0.507 e. The minimum absolute atomic E-state index is 0.0430. The third kappa shape index (κ3) is 5.41. The Morgan fingerprint density at radius 3 is 2.60 bits per heavy atom. The standard InChI is InChI=1S/C33H35NO6/c1-4-5-17-39-27-14-11-23(20-28(27)38-3)30-29(31(35)24-12-13-26-25(19-24)18-21(2)40-26)32(36)33(37)34(30)16-15-22-9-7-6-8-10-22/h6-14,19-21,30,35H,4-5,15-18H2,1-3H3/t21-,30-/m0/s1. The number of rotatable bonds is 10. The van der Waals surface area contributed by atoms with E-state index in [0.29, 0.717) is 48.6 Å². The van der Waals surface area contributed by atoms with Crippen molar-refractivity contribution in [3.05, 3.63) is 94.6 Å². The lowest BCUT2D eigenvalue weighted by molar-refractivity contribution is -0.139. The summed E-state index contributed by atoms with van der Waals surface area (Å²) < 4.78 is 17.3. The highest BCUT2D eigenvalue weighted by Crippen LogP contribution is 2.43. The maximum atomic E-state index is 13.5. The molecule has 40 heavy (non-hydrogen) atoms. The average Bonchev–Trinajstić information content (AvgIpc) is 3.47. The zero-order valence-corrected chi connectivity index (χ0v) is 23.2. The summed E-state index contributed by atoms with van der Waals surface area (Å²) >= 11 is 0. The quantitative estimate of drug-likeness (QED) is 0.150. The van der Waals surface area contributed by atoms with E-state index in [0.717, 1.165) is 29.7 Å². The van der Waals surface area contributed by atoms with E-state index < -0.39 is 17.7 Å². The van der Waals surface area contributed by atoms with Crippen LogP contribution in [0.15, 0.2) is 72.3 Å². The molecule has 0 aromatic heterocycles. The number of ketones is 1. The van der Waals surface area contributed by atoms with Gasteiger partial charge < -0.3 is 24.2 Å². The number of aliphatic hydroxyl groups is 1. The van der Waals surface area contributed by atoms with E-state index in [1.54, 1.807) is 36.3 Å². The molecule has 0 radical (unpaired) electrons. The Hall–Kier alpha value is -4.26. The molecule has 208 valence electrons. The molecule has 0 unspecified atom stereocenters. The molecule has 2 heterocycles. The first-order valence-corrected chi connectivity index (χ1v) is 13.8. The van der Waals surface area contributed by atoms with Crippen molar-refractivity contribution in [2.45, 2.75) is 51.7 Å². The molecule has 7 nitrogen and oxygen atoms in total. The predicted octanol–water partition coefficient (Wildman–Crippen LogP) is 5.86. The van der Waals surface area contributed by atoms with E-state index in [1.165, 1.54) is 0 Å². The van der Waals surface area contributed by atoms with Crippen molar-refractivity contribution in [2.24, 2.45) is 0 Å². The highest BCUT2D eigenvalue weighted by molar-refractivity contribution is 6.46. The van der Waals surface area contributed by atoms with Gasteiger partial charge in [0.1, 0.15) is 17.6 Å². The highest BCUT2D eigenvalue weighted by Gasteiger charge is 2.46. The third-order valence-corrected chi connectivity index (χ3v) is 7.45. The molecule has 0 spiro atoms. The van der Waals surface area contributed by atoms with Crippen molar-refractivity contribution in [1.82, 2.24) is 4.90 Å². The Morgan fingerprint density at radius 1 is 1.05 bits per heavy atom. The molecule has 0 bridgehead atoms. The number of aliphatic hydroxyl groups excluding tert-OH is 1. The number of hydrogen-bond donors (Lipinski definition) is 1. The Kier molecular flexibility index (Phi) is 8.10. The van der Waals surface area contributed by atoms with Gasteiger partial charge in [0.15, 0.2) is 11.5 Å². The van der Waals surface area contributed by atoms with Crippen molar-refractivity contribution in [1.29, 1.82) is 0 Å². The van der Waals surface area contributed by atoms with Crippen LogP contribution in [-0.4, -0.2) is 48.1 Å². The monoisotopic (exact) mass is 541 g/mol. The van der Waals surface area contributed by atoms with Crippen molar-refractivity contribution in [3.63, 3.8) is 0 Å². The van der Waals surface area contributed by atoms with Gasteiger partial charge in [-0.1, -0.05) is 49.7 Å². The predicted molar refractivity (Wildman–Crippen MR) is 153 cm³/mol. The topological polar surface area (TPSA) is 85.3 Å². The summed E-state index contributed by atoms with van der Waals surface area (Å²) in [5.74, 6) is 0.327. The lowest BCUT2D eigenvalue weighted by atomic mass is 9.94. The first kappa shape index (κ1) is 27.3. The lowest BCUT2D eigenvalue weighted by Gasteiger charge is -2.26. The first-order chi connectivity index (χ1) is 19.4. The van der Waals surface area contributed by atoms with E-state index in [-0.39, 0.29) is 17.4 Å². The number of carbonyl (C=O) groups is 2. The number of benzene rings is 3. The molecular weight excluding hydrogens is 506 g/mol. The molecule has 3 aromatic carbocycles. The fourth-order valence-electron chi connectivity index (χ4n) is 5.38. The van der Waals surface area contributed by atoms with Gasteiger partial charge in [-0.05, 0) is 66.8 Å². The number of Topliss-reactive ketones (excluding diaryl/α,β-unsaturated/α-hetero) is 1. The van der Waals surface area contributed by atoms with Crippen LogP contribution in [0.5, 0.6) is 17.2 Å². The number of carbonyl (C=O) groups excluding carboxylic acids is 2. The molecule has 1 N–H and O–H groups in total. The fraction of sp³-hybridized carbons (Fsp3) is 0.333. The van der Waals surface area contributed by atoms with Gasteiger partial charge in [-0.15, -0.1) is 0 Å². The minimum Gasteiger partial charge on any atom is -0.507 e. The minimum atomic E-state index is -0.786. The van der Waals surface area contributed by atoms with Crippen LogP contribution in [0.2, 0.25) is 0 Å². The van der Waals surface area contributed by atoms with Crippen LogP contribution in [0.4, 0.5) is 0 Å². The maximum absolute atomic E-state index is 13.5. The van der Waals surface area contributed by atoms with Crippen LogP contribution in [0.25, 0.3) is 5.76 Å². The van der Waals surface area contributed by atoms with Gasteiger partial charge in [0.05, 0.1) is 25.3 Å². The molecule has 1 saturated heterocycles. The van der Waals surface area contributed by atoms with E-state index in [1.807, 2.05) is 49.4 Å². The van der Waals surface area contributed by atoms with Crippen molar-refractivity contribution >= 4 is 17.4 Å². The van der Waals surface area contributed by atoms with Crippen molar-refractivity contribution in [2.75, 3.05) is 20.3 Å². The summed E-state index contributed by atoms with van der Waals surface area (Å²) in [4.78, 5) is 28.5. The van der Waals surface area contributed by atoms with Gasteiger partial charge in [-0.2, -0.15) is 0 Å². The number of fused-ring (bicyclic) bond motifs is 1. The number of ether oxygens (including phenoxy) is 3. The number of hydrogen-bond acceptors (Lipinski definition) is 6. The Morgan fingerprint density at radius 2 is 1.85 bits per heavy atom. The number of nitrogens with zero attached hydrogens (tertiary/aromatic N) is 1. The second kappa shape index (κ2) is 11.9. The van der Waals surface area contributed by atoms with E-state index >= 15 is 0 Å². The van der Waals surface area contributed by atoms with Crippen LogP contribution < -0.4 is 14.2 Å². The van der Waals surface area contributed by atoms with Crippen molar-refractivity contribution in [3.8, 4) is 17.2 Å². The second-order valence-electron chi connectivity index (χ2n) is 10.3. The number of likely N-dealkylation sites (tertiary alicyclic amines) is 1. The molecule has 3 aromatic rings. The summed E-state index contributed by atoms with van der Waals surface area (Å²) in [6, 6.07) is 19.8. The van der Waals surface area contributed by atoms with E-state index in [2.05, 4.69) is 6.92 Å². The van der Waals surface area contributed by atoms with Gasteiger partial charge in [0, 0.05) is 18.5 Å². The zero-order valence-electron chi connectivity index (χ0n) is 23.2. The number of unbranched alkanes of at least 4 members (excludes halogenated alkanes) is 1. The summed E-state index contributed by atoms with van der Waals surface area (Å²) in [7, 11) is 1.56. The van der Waals surface area contributed by atoms with Gasteiger partial charge in [0.25, 0.3) is 11.7 Å². The summed E-state index contributed by atoms with van der Waals surface area (Å²) in [6.07, 6.45) is 3.23. The third-order valence-electron chi connectivity index (χ3n) is 7.45. The average molecular weight is 542 g/mol. The van der Waals surface area contributed by atoms with Crippen molar-refractivity contribution < 1.29 is 28.9 Å². The van der Waals surface area contributed by atoms with Crippen LogP contribution in [0.1, 0.15) is 55.0 Å². The molecule has 1 amide bonds. The molecular formula is C33H35NO6. The highest BCUT2D eigenvalue weighted by atomic mass is 16.5. The summed E-state index contributed by atoms with van der Waals surface area (Å²) in [5, 5.41) is 11.5. The molecule has 0 aliphatic carbocycles. The molecule has 2 aliphatic rings. The SMILES string of the molecule is CCCCOc1ccc([C@H]2C(=C(O)c3ccc4c(c3)C[C@H](C)O4)C(=O)C(=O)N2CCc2ccccc2)cc1OC. The van der Waals surface area contributed by atoms with Gasteiger partial charge in [0.2, 0.25) is 0 Å².